The van der Waals surface area contributed by atoms with Gasteiger partial charge >= 0.3 is 6.03 Å². The predicted octanol–water partition coefficient (Wildman–Crippen LogP) is 3.16. The number of anilines is 1. The lowest BCUT2D eigenvalue weighted by Gasteiger charge is -2.27. The van der Waals surface area contributed by atoms with Crippen LogP contribution in [0.15, 0.2) is 36.6 Å². The predicted molar refractivity (Wildman–Crippen MR) is 162 cm³/mol. The molecule has 0 aliphatic carbocycles. The van der Waals surface area contributed by atoms with E-state index in [9.17, 15) is 19.2 Å². The molecule has 0 saturated carbocycles. The van der Waals surface area contributed by atoms with Gasteiger partial charge < -0.3 is 37.1 Å². The summed E-state index contributed by atoms with van der Waals surface area (Å²) in [6.45, 7) is 17.7. The highest BCUT2D eigenvalue weighted by Crippen LogP contribution is 2.14. The number of allylic oxidation sites excluding steroid dienone is 1. The van der Waals surface area contributed by atoms with E-state index in [0.717, 1.165) is 5.56 Å². The van der Waals surface area contributed by atoms with Crippen molar-refractivity contribution in [1.29, 1.82) is 0 Å². The molecule has 0 aromatic heterocycles. The topological polar surface area (TPSA) is 164 Å². The number of hydrogen-bond acceptors (Lipinski definition) is 6. The zero-order valence-corrected chi connectivity index (χ0v) is 25.6. The van der Waals surface area contributed by atoms with Crippen molar-refractivity contribution in [3.63, 3.8) is 0 Å². The van der Waals surface area contributed by atoms with Crippen molar-refractivity contribution in [3.8, 4) is 0 Å². The summed E-state index contributed by atoms with van der Waals surface area (Å²) in [6, 6.07) is 5.17. The van der Waals surface area contributed by atoms with Gasteiger partial charge in [0.05, 0.1) is 5.76 Å². The summed E-state index contributed by atoms with van der Waals surface area (Å²) in [5, 5.41) is 14.4. The Labute approximate surface area is 244 Å². The summed E-state index contributed by atoms with van der Waals surface area (Å²) < 4.78 is 5.42. The number of nitrogens with two attached hydrogens (primary N) is 1. The van der Waals surface area contributed by atoms with Gasteiger partial charge in [-0.1, -0.05) is 53.3 Å². The number of primary amides is 1. The Bertz CT molecular complexity index is 1010. The highest BCUT2D eigenvalue weighted by atomic mass is 16.5. The van der Waals surface area contributed by atoms with Gasteiger partial charge in [-0.05, 0) is 56.7 Å². The van der Waals surface area contributed by atoms with Gasteiger partial charge in [0, 0.05) is 30.2 Å². The fourth-order valence-electron chi connectivity index (χ4n) is 4.27. The van der Waals surface area contributed by atoms with Crippen molar-refractivity contribution < 1.29 is 23.9 Å². The Morgan fingerprint density at radius 3 is 2.10 bits per heavy atom. The number of ether oxygens (including phenoxy) is 1. The van der Waals surface area contributed by atoms with Crippen LogP contribution in [-0.4, -0.2) is 54.5 Å². The summed E-state index contributed by atoms with van der Waals surface area (Å²) in [5.74, 6) is -1.02. The fourth-order valence-corrected chi connectivity index (χ4v) is 4.27. The van der Waals surface area contributed by atoms with Crippen LogP contribution in [0.1, 0.15) is 73.3 Å². The fraction of sp³-hybridized carbons (Fsp3) is 0.600. The zero-order chi connectivity index (χ0) is 31.1. The Morgan fingerprint density at radius 2 is 1.56 bits per heavy atom. The average molecular weight is 575 g/mol. The number of rotatable bonds is 18. The average Bonchev–Trinajstić information content (AvgIpc) is 2.87. The molecule has 1 aromatic rings. The summed E-state index contributed by atoms with van der Waals surface area (Å²) in [5.41, 5.74) is 6.60. The smallest absolute Gasteiger partial charge is 0.312 e. The van der Waals surface area contributed by atoms with Crippen LogP contribution in [0.2, 0.25) is 0 Å². The first-order chi connectivity index (χ1) is 19.2. The Balaban J connectivity index is 2.94. The van der Waals surface area contributed by atoms with Gasteiger partial charge in [0.1, 0.15) is 18.7 Å². The van der Waals surface area contributed by atoms with Crippen LogP contribution in [0.3, 0.4) is 0 Å². The maximum absolute atomic E-state index is 13.4. The second kappa shape index (κ2) is 18.0. The molecule has 41 heavy (non-hydrogen) atoms. The molecule has 0 aliphatic rings. The zero-order valence-electron chi connectivity index (χ0n) is 25.6. The summed E-state index contributed by atoms with van der Waals surface area (Å²) in [4.78, 5) is 50.6. The van der Waals surface area contributed by atoms with Crippen LogP contribution in [0, 0.1) is 11.8 Å². The van der Waals surface area contributed by atoms with Crippen molar-refractivity contribution in [2.75, 3.05) is 11.9 Å². The molecule has 11 heteroatoms. The number of carbonyl (C=O) groups excluding carboxylic acids is 4. The first-order valence-corrected chi connectivity index (χ1v) is 14.3. The minimum Gasteiger partial charge on any atom is -0.494 e. The minimum atomic E-state index is -0.908. The van der Waals surface area contributed by atoms with Crippen molar-refractivity contribution in [2.45, 2.75) is 98.5 Å². The van der Waals surface area contributed by atoms with E-state index in [0.29, 0.717) is 36.9 Å². The third-order valence-corrected chi connectivity index (χ3v) is 6.33. The molecule has 0 saturated heterocycles. The van der Waals surface area contributed by atoms with Gasteiger partial charge in [0.2, 0.25) is 17.7 Å². The lowest BCUT2D eigenvalue weighted by Crippen LogP contribution is -2.55. The van der Waals surface area contributed by atoms with E-state index in [1.807, 2.05) is 53.7 Å². The van der Waals surface area contributed by atoms with E-state index >= 15 is 0 Å². The Hall–Kier alpha value is -3.60. The van der Waals surface area contributed by atoms with Gasteiger partial charge in [-0.15, -0.1) is 0 Å². The van der Waals surface area contributed by atoms with Crippen molar-refractivity contribution in [1.82, 2.24) is 21.3 Å². The molecule has 5 amide bonds. The van der Waals surface area contributed by atoms with Crippen molar-refractivity contribution in [3.05, 3.63) is 42.2 Å². The van der Waals surface area contributed by atoms with Crippen LogP contribution in [0.5, 0.6) is 0 Å². The molecule has 0 heterocycles. The van der Waals surface area contributed by atoms with Crippen molar-refractivity contribution in [2.24, 2.45) is 17.6 Å². The van der Waals surface area contributed by atoms with E-state index in [4.69, 9.17) is 10.5 Å². The van der Waals surface area contributed by atoms with Gasteiger partial charge in [0.15, 0.2) is 0 Å². The van der Waals surface area contributed by atoms with Gasteiger partial charge in [-0.2, -0.15) is 0 Å². The second-order valence-electron chi connectivity index (χ2n) is 11.3. The number of benzene rings is 1. The molecule has 1 aromatic carbocycles. The van der Waals surface area contributed by atoms with Gasteiger partial charge in [-0.3, -0.25) is 14.4 Å². The van der Waals surface area contributed by atoms with Crippen LogP contribution in [0.25, 0.3) is 0 Å². The molecule has 7 N–H and O–H groups in total. The van der Waals surface area contributed by atoms with E-state index in [2.05, 4.69) is 33.2 Å². The maximum Gasteiger partial charge on any atom is 0.312 e. The Kier molecular flexibility index (Phi) is 15.5. The van der Waals surface area contributed by atoms with E-state index in [-0.39, 0.29) is 36.8 Å². The first-order valence-electron chi connectivity index (χ1n) is 14.3. The number of amides is 5. The molecule has 0 aliphatic heterocycles. The maximum atomic E-state index is 13.4. The number of nitrogens with one attached hydrogen (secondary N) is 5. The Morgan fingerprint density at radius 1 is 0.927 bits per heavy atom. The second-order valence-corrected chi connectivity index (χ2v) is 11.3. The third kappa shape index (κ3) is 14.6. The van der Waals surface area contributed by atoms with Crippen LogP contribution in [0.4, 0.5) is 10.5 Å². The molecule has 0 radical (unpaired) electrons. The standard InChI is InChI=1S/C30H50N6O5/c1-18(2)26(36-27(37)21(7)16-22(8)33-19(3)4)29(39)35-25(10-9-15-32-30(31)40)28(38)34-24-13-11-23(12-14-24)17-41-20(5)6/h11-14,18-19,21-22,25-26,33H,5,9-10,15-17H2,1-4,6-8H3,(H,34,38)(H,35,39)(H,36,37)(H3,31,32,40)/t21?,22?,25-,26-/m0/s1. The summed E-state index contributed by atoms with van der Waals surface area (Å²) in [6.07, 6.45) is 1.26. The van der Waals surface area contributed by atoms with E-state index in [1.54, 1.807) is 19.1 Å². The van der Waals surface area contributed by atoms with Crippen LogP contribution >= 0.6 is 0 Å². The normalized spacial score (nSPS) is 14.0. The number of carbonyl (C=O) groups is 4. The number of urea groups is 1. The molecule has 11 nitrogen and oxygen atoms in total. The quantitative estimate of drug-likeness (QED) is 0.116. The highest BCUT2D eigenvalue weighted by Gasteiger charge is 2.30. The minimum absolute atomic E-state index is 0.136. The monoisotopic (exact) mass is 574 g/mol. The largest absolute Gasteiger partial charge is 0.494 e. The first kappa shape index (κ1) is 35.4. The lowest BCUT2D eigenvalue weighted by molar-refractivity contribution is -0.133. The third-order valence-electron chi connectivity index (χ3n) is 6.33. The molecule has 1 rings (SSSR count). The van der Waals surface area contributed by atoms with E-state index < -0.39 is 29.9 Å². The van der Waals surface area contributed by atoms with Crippen LogP contribution in [-0.2, 0) is 25.7 Å². The highest BCUT2D eigenvalue weighted by molar-refractivity contribution is 5.98. The SMILES string of the molecule is C=C(C)OCc1ccc(NC(=O)[C@H](CCCNC(N)=O)NC(=O)[C@@H](NC(=O)C(C)CC(C)NC(C)C)C(C)C)cc1. The molecule has 2 unspecified atom stereocenters. The summed E-state index contributed by atoms with van der Waals surface area (Å²) in [7, 11) is 0. The van der Waals surface area contributed by atoms with Crippen LogP contribution < -0.4 is 32.3 Å². The molecular formula is C30H50N6O5. The molecule has 0 bridgehead atoms. The van der Waals surface area contributed by atoms with E-state index in [1.165, 1.54) is 0 Å². The molecular weight excluding hydrogens is 524 g/mol. The van der Waals surface area contributed by atoms with Crippen molar-refractivity contribution >= 4 is 29.4 Å². The number of hydrogen-bond donors (Lipinski definition) is 6. The van der Waals surface area contributed by atoms with Gasteiger partial charge in [-0.25, -0.2) is 4.79 Å². The summed E-state index contributed by atoms with van der Waals surface area (Å²) >= 11 is 0. The molecule has 0 spiro atoms. The molecule has 4 atom stereocenters. The molecule has 0 fully saturated rings. The molecule has 230 valence electrons. The van der Waals surface area contributed by atoms with Gasteiger partial charge in [0.25, 0.3) is 0 Å². The lowest BCUT2D eigenvalue weighted by atomic mass is 9.98.